The highest BCUT2D eigenvalue weighted by molar-refractivity contribution is 5.84. The summed E-state index contributed by atoms with van der Waals surface area (Å²) in [7, 11) is 5.52. The summed E-state index contributed by atoms with van der Waals surface area (Å²) >= 11 is 0. The number of nitrogens with one attached hydrogen (secondary N) is 1. The number of guanidine groups is 1. The summed E-state index contributed by atoms with van der Waals surface area (Å²) in [4.78, 5) is 20.0. The molecule has 1 aliphatic rings. The molecule has 1 aromatic rings. The highest BCUT2D eigenvalue weighted by atomic mass is 16.5. The van der Waals surface area contributed by atoms with Crippen LogP contribution < -0.4 is 5.32 Å². The van der Waals surface area contributed by atoms with Gasteiger partial charge in [-0.25, -0.2) is 4.99 Å². The number of hydrogen-bond donors (Lipinski definition) is 1. The Balaban J connectivity index is 1.92. The Morgan fingerprint density at radius 3 is 2.68 bits per heavy atom. The first-order valence-electron chi connectivity index (χ1n) is 8.87. The van der Waals surface area contributed by atoms with Gasteiger partial charge in [0.15, 0.2) is 5.96 Å². The predicted octanol–water partition coefficient (Wildman–Crippen LogP) is 1.23. The molecule has 2 rings (SSSR count). The standard InChI is InChI=1S/C19H30N4O2/c1-22(2)18(24)13-21-19(23(3)14-17-10-12-25-15-17)20-11-9-16-7-5-4-6-8-16/h4-8,17H,9-15H2,1-3H3,(H,20,21). The van der Waals surface area contributed by atoms with Crippen molar-refractivity contribution >= 4 is 11.9 Å². The lowest BCUT2D eigenvalue weighted by Gasteiger charge is -2.25. The molecule has 1 N–H and O–H groups in total. The zero-order chi connectivity index (χ0) is 18.1. The molecule has 1 saturated heterocycles. The molecule has 0 bridgehead atoms. The van der Waals surface area contributed by atoms with Crippen LogP contribution in [0.3, 0.4) is 0 Å². The van der Waals surface area contributed by atoms with E-state index in [0.717, 1.165) is 45.1 Å². The molecule has 1 fully saturated rings. The number of rotatable bonds is 7. The van der Waals surface area contributed by atoms with Gasteiger partial charge in [-0.1, -0.05) is 30.3 Å². The molecular formula is C19H30N4O2. The van der Waals surface area contributed by atoms with Crippen LogP contribution in [0.15, 0.2) is 35.3 Å². The van der Waals surface area contributed by atoms with Crippen molar-refractivity contribution in [1.29, 1.82) is 0 Å². The SMILES string of the molecule is CN(C)C(=O)CN=C(NCCc1ccccc1)N(C)CC1CCOC1. The maximum atomic E-state index is 11.9. The maximum absolute atomic E-state index is 11.9. The molecule has 1 heterocycles. The number of hydrogen-bond acceptors (Lipinski definition) is 3. The van der Waals surface area contributed by atoms with Gasteiger partial charge >= 0.3 is 0 Å². The van der Waals surface area contributed by atoms with Gasteiger partial charge < -0.3 is 19.9 Å². The minimum absolute atomic E-state index is 0.0000379. The topological polar surface area (TPSA) is 57.2 Å². The van der Waals surface area contributed by atoms with Crippen LogP contribution in [0.2, 0.25) is 0 Å². The monoisotopic (exact) mass is 346 g/mol. The largest absolute Gasteiger partial charge is 0.381 e. The molecule has 6 heteroatoms. The van der Waals surface area contributed by atoms with Crippen LogP contribution in [-0.4, -0.2) is 75.7 Å². The van der Waals surface area contributed by atoms with Crippen LogP contribution in [0.4, 0.5) is 0 Å². The molecule has 0 aromatic heterocycles. The number of amides is 1. The molecule has 25 heavy (non-hydrogen) atoms. The highest BCUT2D eigenvalue weighted by Gasteiger charge is 2.19. The van der Waals surface area contributed by atoms with Crippen LogP contribution in [-0.2, 0) is 16.0 Å². The molecule has 0 radical (unpaired) electrons. The Hall–Kier alpha value is -2.08. The predicted molar refractivity (Wildman–Crippen MR) is 101 cm³/mol. The van der Waals surface area contributed by atoms with Crippen molar-refractivity contribution < 1.29 is 9.53 Å². The van der Waals surface area contributed by atoms with E-state index in [2.05, 4.69) is 27.3 Å². The second kappa shape index (κ2) is 10.0. The van der Waals surface area contributed by atoms with Gasteiger partial charge in [0.2, 0.25) is 5.91 Å². The number of carbonyl (C=O) groups excluding carboxylic acids is 1. The fourth-order valence-corrected chi connectivity index (χ4v) is 2.76. The minimum Gasteiger partial charge on any atom is -0.381 e. The van der Waals surface area contributed by atoms with Crippen molar-refractivity contribution in [3.05, 3.63) is 35.9 Å². The third kappa shape index (κ3) is 6.74. The van der Waals surface area contributed by atoms with Gasteiger partial charge in [-0.2, -0.15) is 0 Å². The van der Waals surface area contributed by atoms with E-state index in [4.69, 9.17) is 4.74 Å². The highest BCUT2D eigenvalue weighted by Crippen LogP contribution is 2.13. The Labute approximate surface area is 150 Å². The van der Waals surface area contributed by atoms with E-state index in [0.29, 0.717) is 5.92 Å². The second-order valence-electron chi connectivity index (χ2n) is 6.70. The van der Waals surface area contributed by atoms with Crippen LogP contribution in [0.25, 0.3) is 0 Å². The van der Waals surface area contributed by atoms with E-state index in [-0.39, 0.29) is 12.5 Å². The molecule has 0 spiro atoms. The van der Waals surface area contributed by atoms with Crippen molar-refractivity contribution in [3.8, 4) is 0 Å². The van der Waals surface area contributed by atoms with E-state index in [1.165, 1.54) is 5.56 Å². The lowest BCUT2D eigenvalue weighted by Crippen LogP contribution is -2.43. The van der Waals surface area contributed by atoms with Gasteiger partial charge in [0, 0.05) is 46.8 Å². The van der Waals surface area contributed by atoms with Crippen LogP contribution >= 0.6 is 0 Å². The van der Waals surface area contributed by atoms with Crippen LogP contribution in [0.5, 0.6) is 0 Å². The Morgan fingerprint density at radius 1 is 1.28 bits per heavy atom. The Kier molecular flexibility index (Phi) is 7.73. The Bertz CT molecular complexity index is 554. The fraction of sp³-hybridized carbons (Fsp3) is 0.579. The fourth-order valence-electron chi connectivity index (χ4n) is 2.76. The van der Waals surface area contributed by atoms with E-state index in [9.17, 15) is 4.79 Å². The third-order valence-corrected chi connectivity index (χ3v) is 4.32. The molecule has 1 unspecified atom stereocenters. The van der Waals surface area contributed by atoms with E-state index < -0.39 is 0 Å². The van der Waals surface area contributed by atoms with Crippen molar-refractivity contribution in [2.45, 2.75) is 12.8 Å². The molecule has 1 aliphatic heterocycles. The molecule has 0 saturated carbocycles. The van der Waals surface area contributed by atoms with Crippen molar-refractivity contribution in [1.82, 2.24) is 15.1 Å². The van der Waals surface area contributed by atoms with Gasteiger partial charge in [0.1, 0.15) is 6.54 Å². The zero-order valence-electron chi connectivity index (χ0n) is 15.6. The molecule has 1 amide bonds. The summed E-state index contributed by atoms with van der Waals surface area (Å²) in [5.41, 5.74) is 1.28. The summed E-state index contributed by atoms with van der Waals surface area (Å²) < 4.78 is 5.46. The first-order valence-corrected chi connectivity index (χ1v) is 8.87. The first-order chi connectivity index (χ1) is 12.1. The second-order valence-corrected chi connectivity index (χ2v) is 6.70. The van der Waals surface area contributed by atoms with Crippen LogP contribution in [0, 0.1) is 5.92 Å². The normalized spacial score (nSPS) is 17.4. The van der Waals surface area contributed by atoms with Crippen LogP contribution in [0.1, 0.15) is 12.0 Å². The minimum atomic E-state index is -0.0000379. The summed E-state index contributed by atoms with van der Waals surface area (Å²) in [6.07, 6.45) is 2.00. The average Bonchev–Trinajstić information content (AvgIpc) is 3.11. The number of ether oxygens (including phenoxy) is 1. The maximum Gasteiger partial charge on any atom is 0.243 e. The average molecular weight is 346 g/mol. The number of nitrogens with zero attached hydrogens (tertiary/aromatic N) is 3. The lowest BCUT2D eigenvalue weighted by atomic mass is 10.1. The van der Waals surface area contributed by atoms with Crippen molar-refractivity contribution in [2.75, 3.05) is 54.0 Å². The third-order valence-electron chi connectivity index (χ3n) is 4.32. The quantitative estimate of drug-likeness (QED) is 0.596. The van der Waals surface area contributed by atoms with Gasteiger partial charge in [-0.3, -0.25) is 4.79 Å². The van der Waals surface area contributed by atoms with E-state index in [1.807, 2.05) is 25.2 Å². The lowest BCUT2D eigenvalue weighted by molar-refractivity contribution is -0.127. The number of likely N-dealkylation sites (N-methyl/N-ethyl adjacent to an activating group) is 1. The van der Waals surface area contributed by atoms with Crippen molar-refractivity contribution in [2.24, 2.45) is 10.9 Å². The summed E-state index contributed by atoms with van der Waals surface area (Å²) in [6.45, 7) is 3.47. The Morgan fingerprint density at radius 2 is 2.04 bits per heavy atom. The molecule has 1 atom stereocenters. The molecular weight excluding hydrogens is 316 g/mol. The smallest absolute Gasteiger partial charge is 0.243 e. The van der Waals surface area contributed by atoms with E-state index >= 15 is 0 Å². The number of benzene rings is 1. The number of aliphatic imine (C=N–C) groups is 1. The first kappa shape index (κ1) is 19.2. The number of carbonyl (C=O) groups is 1. The summed E-state index contributed by atoms with van der Waals surface area (Å²) in [6, 6.07) is 10.4. The molecule has 0 aliphatic carbocycles. The van der Waals surface area contributed by atoms with Crippen molar-refractivity contribution in [3.63, 3.8) is 0 Å². The van der Waals surface area contributed by atoms with Gasteiger partial charge in [-0.05, 0) is 18.4 Å². The molecule has 138 valence electrons. The summed E-state index contributed by atoms with van der Waals surface area (Å²) in [5.74, 6) is 1.30. The van der Waals surface area contributed by atoms with E-state index in [1.54, 1.807) is 19.0 Å². The van der Waals surface area contributed by atoms with Gasteiger partial charge in [0.25, 0.3) is 0 Å². The summed E-state index contributed by atoms with van der Waals surface area (Å²) in [5, 5.41) is 3.40. The van der Waals surface area contributed by atoms with Gasteiger partial charge in [0.05, 0.1) is 6.61 Å². The molecule has 6 nitrogen and oxygen atoms in total. The molecule has 1 aromatic carbocycles. The van der Waals surface area contributed by atoms with Gasteiger partial charge in [-0.15, -0.1) is 0 Å². The zero-order valence-corrected chi connectivity index (χ0v) is 15.6.